The first-order chi connectivity index (χ1) is 68.3. The third-order valence-electron chi connectivity index (χ3n) is 31.7. The number of benzene rings is 15. The van der Waals surface area contributed by atoms with Gasteiger partial charge in [0.2, 0.25) is 0 Å². The summed E-state index contributed by atoms with van der Waals surface area (Å²) in [6, 6.07) is 105. The minimum Gasteiger partial charge on any atom is -0.0654 e. The SMILES string of the molecule is CCCCCCCCCCc1ccc(-c2c(-c3ccc(CCCCCCCCCC)cc3)c3ccc4cc3c3cc(ccc23)c2ccc3c(-c5ccc(CCCCCCCCCC)cc5)c(-c5ccc(CCCCCCCCCC)cc5)c5ccc(cc5c3c2)c2ccc3c(-c5ccc(CCCCCCCCCC)cc5)c(-c5ccc(CCCCCCCCCC)cc5)c5ccc4cc5c3c2)cc1. The Balaban J connectivity index is 0.922. The van der Waals surface area contributed by atoms with E-state index >= 15 is 0 Å². The van der Waals surface area contributed by atoms with Crippen molar-refractivity contribution in [1.82, 2.24) is 0 Å². The summed E-state index contributed by atoms with van der Waals surface area (Å²) in [5, 5.41) is 22.9. The molecule has 0 aliphatic heterocycles. The Labute approximate surface area is 834 Å². The molecule has 0 N–H and O–H groups in total. The van der Waals surface area contributed by atoms with E-state index in [9.17, 15) is 0 Å². The normalized spacial score (nSPS) is 12.0. The Bertz CT molecular complexity index is 5440. The van der Waals surface area contributed by atoms with Crippen molar-refractivity contribution < 1.29 is 0 Å². The molecular weight excluding hydrogens is 1660 g/mol. The third kappa shape index (κ3) is 26.5. The van der Waals surface area contributed by atoms with Crippen LogP contribution < -0.4 is 0 Å². The van der Waals surface area contributed by atoms with E-state index in [2.05, 4.69) is 296 Å². The molecule has 0 aliphatic rings. The van der Waals surface area contributed by atoms with Gasteiger partial charge in [-0.15, -0.1) is 0 Å². The van der Waals surface area contributed by atoms with Crippen LogP contribution in [0.25, 0.3) is 164 Å². The summed E-state index contributed by atoms with van der Waals surface area (Å²) in [5.74, 6) is 0. The zero-order valence-corrected chi connectivity index (χ0v) is 86.4. The smallest absolute Gasteiger partial charge is 0.00203 e. The summed E-state index contributed by atoms with van der Waals surface area (Å²) in [6.45, 7) is 14.0. The summed E-state index contributed by atoms with van der Waals surface area (Å²) in [6.07, 6.45) is 70.5. The predicted octanol–water partition coefficient (Wildman–Crippen LogP) is 44.2. The van der Waals surface area contributed by atoms with Crippen molar-refractivity contribution in [2.45, 2.75) is 388 Å². The fraction of sp³-hybridized carbons (Fsp3) is 0.435. The summed E-state index contributed by atoms with van der Waals surface area (Å²) in [5.41, 5.74) is 24.3. The molecule has 0 aromatic heterocycles. The van der Waals surface area contributed by atoms with E-state index < -0.39 is 0 Å². The molecule has 16 rings (SSSR count). The summed E-state index contributed by atoms with van der Waals surface area (Å²) < 4.78 is 0. The van der Waals surface area contributed by atoms with Crippen molar-refractivity contribution >= 4 is 97.0 Å². The highest BCUT2D eigenvalue weighted by atomic mass is 14.3. The molecule has 0 spiro atoms. The first-order valence-corrected chi connectivity index (χ1v) is 57.0. The van der Waals surface area contributed by atoms with E-state index in [4.69, 9.17) is 0 Å². The monoisotopic (exact) mass is 1830 g/mol. The lowest BCUT2D eigenvalue weighted by Crippen LogP contribution is -1.95. The van der Waals surface area contributed by atoms with E-state index in [0.29, 0.717) is 0 Å². The second kappa shape index (κ2) is 53.5. The lowest BCUT2D eigenvalue weighted by atomic mass is 9.82. The maximum Gasteiger partial charge on any atom is -0.00203 e. The van der Waals surface area contributed by atoms with Gasteiger partial charge in [0.25, 0.3) is 0 Å². The molecule has 16 aromatic carbocycles. The average molecular weight is 1830 g/mol. The summed E-state index contributed by atoms with van der Waals surface area (Å²) in [4.78, 5) is 0. The molecule has 0 heterocycles. The molecule has 138 heavy (non-hydrogen) atoms. The average Bonchev–Trinajstić information content (AvgIpc) is 0.728. The zero-order valence-electron chi connectivity index (χ0n) is 86.4. The fourth-order valence-corrected chi connectivity index (χ4v) is 23.4. The van der Waals surface area contributed by atoms with Crippen LogP contribution in [0.1, 0.15) is 383 Å². The van der Waals surface area contributed by atoms with Crippen molar-refractivity contribution in [1.29, 1.82) is 0 Å². The van der Waals surface area contributed by atoms with Crippen LogP contribution in [-0.2, 0) is 38.5 Å². The van der Waals surface area contributed by atoms with Gasteiger partial charge in [0.1, 0.15) is 0 Å². The molecule has 16 aromatic rings. The molecular formula is C138H168. The maximum absolute atomic E-state index is 2.61. The van der Waals surface area contributed by atoms with Crippen LogP contribution in [-0.4, -0.2) is 0 Å². The lowest BCUT2D eigenvalue weighted by Gasteiger charge is -2.21. The lowest BCUT2D eigenvalue weighted by molar-refractivity contribution is 0.575. The first-order valence-electron chi connectivity index (χ1n) is 57.0. The van der Waals surface area contributed by atoms with Crippen LogP contribution >= 0.6 is 0 Å². The van der Waals surface area contributed by atoms with Gasteiger partial charge in [0.05, 0.1) is 0 Å². The minimum absolute atomic E-state index is 1.12. The Hall–Kier alpha value is -10.1. The van der Waals surface area contributed by atoms with Crippen molar-refractivity contribution in [3.8, 4) is 66.8 Å². The second-order valence-corrected chi connectivity index (χ2v) is 42.3. The first kappa shape index (κ1) is 101. The quantitative estimate of drug-likeness (QED) is 0.0263. The molecule has 0 heteroatoms. The van der Waals surface area contributed by atoms with E-state index in [1.165, 1.54) is 505 Å². The van der Waals surface area contributed by atoms with Gasteiger partial charge in [-0.05, 0) is 311 Å². The molecule has 0 aliphatic carbocycles. The molecule has 0 nitrogen and oxygen atoms in total. The van der Waals surface area contributed by atoms with Crippen LogP contribution in [0.5, 0.6) is 0 Å². The van der Waals surface area contributed by atoms with E-state index in [1.54, 1.807) is 0 Å². The van der Waals surface area contributed by atoms with Crippen molar-refractivity contribution in [2.24, 2.45) is 0 Å². The number of rotatable bonds is 60. The van der Waals surface area contributed by atoms with Crippen LogP contribution in [0.4, 0.5) is 0 Å². The molecule has 0 fully saturated rings. The van der Waals surface area contributed by atoms with Crippen LogP contribution in [0.3, 0.4) is 0 Å². The molecule has 720 valence electrons. The molecule has 0 unspecified atom stereocenters. The molecule has 0 radical (unpaired) electrons. The Kier molecular flexibility index (Phi) is 39.1. The molecule has 0 saturated carbocycles. The van der Waals surface area contributed by atoms with Crippen molar-refractivity contribution in [3.05, 3.63) is 288 Å². The highest BCUT2D eigenvalue weighted by Crippen LogP contribution is 2.52. The molecule has 0 amide bonds. The molecule has 0 atom stereocenters. The molecule has 0 saturated heterocycles. The van der Waals surface area contributed by atoms with Gasteiger partial charge in [-0.25, -0.2) is 0 Å². The van der Waals surface area contributed by atoms with Gasteiger partial charge >= 0.3 is 0 Å². The Morgan fingerprint density at radius 2 is 0.225 bits per heavy atom. The highest BCUT2D eigenvalue weighted by molar-refractivity contribution is 6.28. The predicted molar refractivity (Wildman–Crippen MR) is 614 cm³/mol. The van der Waals surface area contributed by atoms with E-state index in [-0.39, 0.29) is 0 Å². The zero-order chi connectivity index (χ0) is 94.7. The summed E-state index contributed by atoms with van der Waals surface area (Å²) >= 11 is 0. The number of fused-ring (bicyclic) bond motifs is 9. The largest absolute Gasteiger partial charge is 0.0654 e. The summed E-state index contributed by atoms with van der Waals surface area (Å²) in [7, 11) is 0. The molecule has 12 bridgehead atoms. The standard InChI is InChI=1S/C138H168/c1-7-13-19-25-31-37-43-49-55-103-61-73-109(74-62-103)133-121-91-85-115-97-127(121)128-98-116(86-92-122(128)134(133)110-75-63-104(64-76-110)56-50-44-38-32-26-20-14-8-2)118-88-94-124-130(100-118)132-102-120(90-96-126(132)138(114-83-71-108(72-84-114)60-54-48-42-36-30-24-18-12-6)136(124)112-79-67-106(68-80-112)58-52-46-40-34-28-22-16-10-4)119-89-95-125-131(101-119)129-99-117(115)87-93-123(129)135(111-77-65-105(66-78-111)57-51-45-39-33-27-21-15-9-3)137(125)113-81-69-107(70-82-113)59-53-47-41-35-29-23-17-11-5/h61-102H,7-60H2,1-6H3. The number of unbranched alkanes of at least 4 members (excludes halogenated alkanes) is 42. The highest BCUT2D eigenvalue weighted by Gasteiger charge is 2.25. The van der Waals surface area contributed by atoms with Crippen LogP contribution in [0, 0.1) is 0 Å². The number of hydrogen-bond donors (Lipinski definition) is 0. The van der Waals surface area contributed by atoms with Gasteiger partial charge in [-0.2, -0.15) is 0 Å². The van der Waals surface area contributed by atoms with Gasteiger partial charge in [0.15, 0.2) is 0 Å². The van der Waals surface area contributed by atoms with E-state index in [1.807, 2.05) is 0 Å². The van der Waals surface area contributed by atoms with E-state index in [0.717, 1.165) is 38.5 Å². The van der Waals surface area contributed by atoms with Crippen LogP contribution in [0.2, 0.25) is 0 Å². The third-order valence-corrected chi connectivity index (χ3v) is 31.7. The minimum atomic E-state index is 1.12. The Morgan fingerprint density at radius 1 is 0.109 bits per heavy atom. The number of hydrogen-bond acceptors (Lipinski definition) is 0. The van der Waals surface area contributed by atoms with Gasteiger partial charge in [-0.3, -0.25) is 0 Å². The van der Waals surface area contributed by atoms with Gasteiger partial charge < -0.3 is 0 Å². The maximum atomic E-state index is 2.61. The number of aryl methyl sites for hydroxylation is 6. The van der Waals surface area contributed by atoms with Gasteiger partial charge in [-0.1, -0.05) is 530 Å². The second-order valence-electron chi connectivity index (χ2n) is 42.3. The van der Waals surface area contributed by atoms with Crippen LogP contribution in [0.15, 0.2) is 255 Å². The topological polar surface area (TPSA) is 0 Å². The van der Waals surface area contributed by atoms with Crippen molar-refractivity contribution in [3.63, 3.8) is 0 Å². The fourth-order valence-electron chi connectivity index (χ4n) is 23.4. The van der Waals surface area contributed by atoms with Gasteiger partial charge in [0, 0.05) is 0 Å². The van der Waals surface area contributed by atoms with Crippen molar-refractivity contribution in [2.75, 3.05) is 0 Å². The Morgan fingerprint density at radius 3 is 0.348 bits per heavy atom.